The minimum absolute atomic E-state index is 0.193. The average Bonchev–Trinajstić information content (AvgIpc) is 2.86. The predicted molar refractivity (Wildman–Crippen MR) is 67.3 cm³/mol. The Bertz CT molecular complexity index is 577. The van der Waals surface area contributed by atoms with Crippen molar-refractivity contribution in [2.45, 2.75) is 0 Å². The van der Waals surface area contributed by atoms with E-state index in [1.165, 1.54) is 43.8 Å². The first-order valence-corrected chi connectivity index (χ1v) is 6.05. The van der Waals surface area contributed by atoms with Crippen LogP contribution in [0.5, 0.6) is 11.5 Å². The lowest BCUT2D eigenvalue weighted by Gasteiger charge is -2.07. The quantitative estimate of drug-likeness (QED) is 0.797. The first kappa shape index (κ1) is 12.6. The summed E-state index contributed by atoms with van der Waals surface area (Å²) in [5.41, 5.74) is 0.193. The van der Waals surface area contributed by atoms with Crippen molar-refractivity contribution in [3.05, 3.63) is 45.9 Å². The Morgan fingerprint density at radius 2 is 1.89 bits per heavy atom. The summed E-state index contributed by atoms with van der Waals surface area (Å²) in [7, 11) is 2.93. The maximum atomic E-state index is 13.2. The van der Waals surface area contributed by atoms with Gasteiger partial charge >= 0.3 is 0 Å². The lowest BCUT2D eigenvalue weighted by atomic mass is 10.1. The normalized spacial score (nSPS) is 10.2. The van der Waals surface area contributed by atoms with Gasteiger partial charge in [0.05, 0.1) is 19.8 Å². The number of rotatable bonds is 4. The van der Waals surface area contributed by atoms with Gasteiger partial charge < -0.3 is 9.47 Å². The van der Waals surface area contributed by atoms with Crippen molar-refractivity contribution in [1.82, 2.24) is 0 Å². The molecular weight excluding hydrogens is 255 g/mol. The van der Waals surface area contributed by atoms with Crippen molar-refractivity contribution in [3.63, 3.8) is 0 Å². The number of carbonyl (C=O) groups is 1. The molecule has 2 rings (SSSR count). The van der Waals surface area contributed by atoms with Crippen molar-refractivity contribution < 1.29 is 18.7 Å². The number of thiophene rings is 1. The van der Waals surface area contributed by atoms with Crippen LogP contribution < -0.4 is 9.47 Å². The van der Waals surface area contributed by atoms with E-state index in [1.54, 1.807) is 11.4 Å². The van der Waals surface area contributed by atoms with E-state index in [1.807, 2.05) is 0 Å². The molecule has 2 aromatic rings. The van der Waals surface area contributed by atoms with Crippen LogP contribution in [0.2, 0.25) is 0 Å². The van der Waals surface area contributed by atoms with Gasteiger partial charge in [0.15, 0.2) is 0 Å². The first-order chi connectivity index (χ1) is 8.67. The highest BCUT2D eigenvalue weighted by molar-refractivity contribution is 7.12. The largest absolute Gasteiger partial charge is 0.496 e. The molecule has 0 bridgehead atoms. The topological polar surface area (TPSA) is 35.5 Å². The molecular formula is C13H11FO3S. The Morgan fingerprint density at radius 3 is 2.56 bits per heavy atom. The van der Waals surface area contributed by atoms with E-state index < -0.39 is 5.82 Å². The number of benzene rings is 1. The zero-order chi connectivity index (χ0) is 13.1. The number of ketones is 1. The van der Waals surface area contributed by atoms with Crippen molar-refractivity contribution in [2.75, 3.05) is 14.2 Å². The van der Waals surface area contributed by atoms with E-state index in [9.17, 15) is 9.18 Å². The van der Waals surface area contributed by atoms with Gasteiger partial charge in [0, 0.05) is 0 Å². The van der Waals surface area contributed by atoms with Crippen molar-refractivity contribution >= 4 is 17.1 Å². The lowest BCUT2D eigenvalue weighted by Crippen LogP contribution is -2.04. The Balaban J connectivity index is 2.48. The Labute approximate surface area is 108 Å². The molecule has 0 amide bonds. The molecule has 0 N–H and O–H groups in total. The van der Waals surface area contributed by atoms with Crippen LogP contribution in [-0.2, 0) is 0 Å². The Kier molecular flexibility index (Phi) is 3.62. The number of halogens is 1. The van der Waals surface area contributed by atoms with Crippen LogP contribution in [0.25, 0.3) is 0 Å². The zero-order valence-electron chi connectivity index (χ0n) is 9.90. The molecule has 0 spiro atoms. The molecule has 0 unspecified atom stereocenters. The number of hydrogen-bond acceptors (Lipinski definition) is 4. The molecule has 0 saturated heterocycles. The van der Waals surface area contributed by atoms with Crippen LogP contribution in [0.15, 0.2) is 29.6 Å². The number of ether oxygens (including phenoxy) is 2. The maximum absolute atomic E-state index is 13.2. The Morgan fingerprint density at radius 1 is 1.17 bits per heavy atom. The van der Waals surface area contributed by atoms with Gasteiger partial charge in [0.25, 0.3) is 0 Å². The van der Waals surface area contributed by atoms with Crippen LogP contribution in [0.3, 0.4) is 0 Å². The second-order valence-corrected chi connectivity index (χ2v) is 4.41. The van der Waals surface area contributed by atoms with Gasteiger partial charge in [-0.3, -0.25) is 4.79 Å². The highest BCUT2D eigenvalue weighted by atomic mass is 32.1. The van der Waals surface area contributed by atoms with Gasteiger partial charge in [-0.05, 0) is 29.6 Å². The second kappa shape index (κ2) is 5.18. The molecule has 0 aliphatic heterocycles. The summed E-state index contributed by atoms with van der Waals surface area (Å²) in [5.74, 6) is 0.0426. The van der Waals surface area contributed by atoms with Gasteiger partial charge in [-0.15, -0.1) is 11.3 Å². The lowest BCUT2D eigenvalue weighted by molar-refractivity contribution is 0.103. The standard InChI is InChI=1S/C13H11FO3S/c1-16-10-4-3-8(14)7-9(10)12(15)13-11(17-2)5-6-18-13/h3-7H,1-2H3. The summed E-state index contributed by atoms with van der Waals surface area (Å²) in [6, 6.07) is 5.55. The summed E-state index contributed by atoms with van der Waals surface area (Å²) >= 11 is 1.25. The molecule has 0 fully saturated rings. The molecule has 0 atom stereocenters. The van der Waals surface area contributed by atoms with E-state index in [2.05, 4.69) is 0 Å². The van der Waals surface area contributed by atoms with Crippen LogP contribution in [0.4, 0.5) is 4.39 Å². The second-order valence-electron chi connectivity index (χ2n) is 3.49. The van der Waals surface area contributed by atoms with Crippen LogP contribution in [0, 0.1) is 5.82 Å². The molecule has 1 aromatic heterocycles. The summed E-state index contributed by atoms with van der Waals surface area (Å²) in [6.07, 6.45) is 0. The zero-order valence-corrected chi connectivity index (χ0v) is 10.7. The first-order valence-electron chi connectivity index (χ1n) is 5.17. The third-order valence-electron chi connectivity index (χ3n) is 2.46. The van der Waals surface area contributed by atoms with E-state index in [0.717, 1.165) is 0 Å². The fraction of sp³-hybridized carbons (Fsp3) is 0.154. The summed E-state index contributed by atoms with van der Waals surface area (Å²) in [4.78, 5) is 12.7. The predicted octanol–water partition coefficient (Wildman–Crippen LogP) is 3.14. The summed E-state index contributed by atoms with van der Waals surface area (Å²) in [6.45, 7) is 0. The van der Waals surface area contributed by atoms with Gasteiger partial charge in [-0.1, -0.05) is 0 Å². The minimum atomic E-state index is -0.477. The number of hydrogen-bond donors (Lipinski definition) is 0. The third kappa shape index (κ3) is 2.22. The molecule has 0 radical (unpaired) electrons. The maximum Gasteiger partial charge on any atom is 0.210 e. The van der Waals surface area contributed by atoms with Crippen molar-refractivity contribution in [1.29, 1.82) is 0 Å². The highest BCUT2D eigenvalue weighted by Crippen LogP contribution is 2.30. The van der Waals surface area contributed by atoms with Crippen LogP contribution in [-0.4, -0.2) is 20.0 Å². The summed E-state index contributed by atoms with van der Waals surface area (Å²) < 4.78 is 23.4. The third-order valence-corrected chi connectivity index (χ3v) is 3.36. The van der Waals surface area contributed by atoms with E-state index >= 15 is 0 Å². The average molecular weight is 266 g/mol. The molecule has 94 valence electrons. The van der Waals surface area contributed by atoms with E-state index in [0.29, 0.717) is 16.4 Å². The van der Waals surface area contributed by atoms with Gasteiger partial charge in [0.2, 0.25) is 5.78 Å². The van der Waals surface area contributed by atoms with E-state index in [-0.39, 0.29) is 11.3 Å². The minimum Gasteiger partial charge on any atom is -0.496 e. The van der Waals surface area contributed by atoms with E-state index in [4.69, 9.17) is 9.47 Å². The molecule has 18 heavy (non-hydrogen) atoms. The van der Waals surface area contributed by atoms with Gasteiger partial charge in [-0.2, -0.15) is 0 Å². The molecule has 5 heteroatoms. The highest BCUT2D eigenvalue weighted by Gasteiger charge is 2.20. The van der Waals surface area contributed by atoms with Crippen molar-refractivity contribution in [3.8, 4) is 11.5 Å². The van der Waals surface area contributed by atoms with Gasteiger partial charge in [0.1, 0.15) is 22.2 Å². The number of carbonyl (C=O) groups excluding carboxylic acids is 1. The molecule has 0 aliphatic carbocycles. The molecule has 0 aliphatic rings. The van der Waals surface area contributed by atoms with Crippen LogP contribution >= 0.6 is 11.3 Å². The molecule has 3 nitrogen and oxygen atoms in total. The molecule has 0 saturated carbocycles. The fourth-order valence-corrected chi connectivity index (χ4v) is 2.42. The van der Waals surface area contributed by atoms with Crippen LogP contribution in [0.1, 0.15) is 15.2 Å². The van der Waals surface area contributed by atoms with Gasteiger partial charge in [-0.25, -0.2) is 4.39 Å². The summed E-state index contributed by atoms with van der Waals surface area (Å²) in [5, 5.41) is 1.75. The number of methoxy groups -OCH3 is 2. The molecule has 1 heterocycles. The monoisotopic (exact) mass is 266 g/mol. The van der Waals surface area contributed by atoms with Crippen molar-refractivity contribution in [2.24, 2.45) is 0 Å². The Hall–Kier alpha value is -1.88. The fourth-order valence-electron chi connectivity index (χ4n) is 1.60. The SMILES string of the molecule is COc1ccc(F)cc1C(=O)c1sccc1OC. The smallest absolute Gasteiger partial charge is 0.210 e. The molecule has 1 aromatic carbocycles.